The molecule has 0 atom stereocenters. The zero-order valence-corrected chi connectivity index (χ0v) is 10.4. The van der Waals surface area contributed by atoms with Crippen LogP contribution in [-0.2, 0) is 0 Å². The molecular formula is C13H19N3O2. The van der Waals surface area contributed by atoms with Crippen LogP contribution in [0.2, 0.25) is 0 Å². The Kier molecular flexibility index (Phi) is 4.55. The highest BCUT2D eigenvalue weighted by atomic mass is 16.5. The Morgan fingerprint density at radius 2 is 1.94 bits per heavy atom. The molecule has 1 saturated heterocycles. The quantitative estimate of drug-likeness (QED) is 0.459. The van der Waals surface area contributed by atoms with E-state index in [-0.39, 0.29) is 5.91 Å². The molecule has 18 heavy (non-hydrogen) atoms. The Bertz CT molecular complexity index is 386. The molecule has 0 bridgehead atoms. The number of amides is 1. The standard InChI is InChI=1S/C13H19N3O2/c14-15-13(17)11-3-5-12(6-4-11)18-10-9-16-7-1-2-8-16/h3-6H,1-2,7-10,14H2,(H,15,17). The van der Waals surface area contributed by atoms with Crippen LogP contribution in [0.1, 0.15) is 23.2 Å². The highest BCUT2D eigenvalue weighted by Crippen LogP contribution is 2.12. The molecule has 1 aliphatic rings. The number of likely N-dealkylation sites (tertiary alicyclic amines) is 1. The molecule has 0 aliphatic carbocycles. The number of hydrogen-bond acceptors (Lipinski definition) is 4. The molecule has 0 radical (unpaired) electrons. The summed E-state index contributed by atoms with van der Waals surface area (Å²) in [4.78, 5) is 13.6. The molecule has 1 aromatic rings. The zero-order chi connectivity index (χ0) is 12.8. The molecule has 0 spiro atoms. The Hall–Kier alpha value is -1.59. The second kappa shape index (κ2) is 6.37. The Morgan fingerprint density at radius 3 is 2.56 bits per heavy atom. The number of nitrogens with one attached hydrogen (secondary N) is 1. The maximum Gasteiger partial charge on any atom is 0.265 e. The summed E-state index contributed by atoms with van der Waals surface area (Å²) in [5.74, 6) is 5.54. The van der Waals surface area contributed by atoms with Crippen LogP contribution < -0.4 is 16.0 Å². The number of hydrazine groups is 1. The molecule has 1 heterocycles. The maximum atomic E-state index is 11.2. The summed E-state index contributed by atoms with van der Waals surface area (Å²) in [6.07, 6.45) is 2.59. The second-order valence-corrected chi connectivity index (χ2v) is 4.40. The number of carbonyl (C=O) groups is 1. The van der Waals surface area contributed by atoms with Crippen LogP contribution in [0, 0.1) is 0 Å². The van der Waals surface area contributed by atoms with Gasteiger partial charge in [0, 0.05) is 12.1 Å². The van der Waals surface area contributed by atoms with Gasteiger partial charge in [0.1, 0.15) is 12.4 Å². The molecule has 5 heteroatoms. The average molecular weight is 249 g/mol. The molecular weight excluding hydrogens is 230 g/mol. The van der Waals surface area contributed by atoms with E-state index in [1.54, 1.807) is 24.3 Å². The van der Waals surface area contributed by atoms with Crippen molar-refractivity contribution in [2.24, 2.45) is 5.84 Å². The van der Waals surface area contributed by atoms with E-state index in [1.165, 1.54) is 25.9 Å². The van der Waals surface area contributed by atoms with E-state index in [2.05, 4.69) is 10.3 Å². The number of nitrogens with zero attached hydrogens (tertiary/aromatic N) is 1. The number of rotatable bonds is 5. The SMILES string of the molecule is NNC(=O)c1ccc(OCCN2CCCC2)cc1. The van der Waals surface area contributed by atoms with Gasteiger partial charge in [0.05, 0.1) is 0 Å². The molecule has 3 N–H and O–H groups in total. The third-order valence-corrected chi connectivity index (χ3v) is 3.12. The molecule has 1 aromatic carbocycles. The van der Waals surface area contributed by atoms with Gasteiger partial charge in [-0.25, -0.2) is 5.84 Å². The van der Waals surface area contributed by atoms with Crippen LogP contribution in [0.5, 0.6) is 5.75 Å². The van der Waals surface area contributed by atoms with E-state index in [0.717, 1.165) is 12.3 Å². The van der Waals surface area contributed by atoms with Crippen molar-refractivity contribution in [3.8, 4) is 5.75 Å². The first-order chi connectivity index (χ1) is 8.79. The lowest BCUT2D eigenvalue weighted by Gasteiger charge is -2.14. The number of nitrogens with two attached hydrogens (primary N) is 1. The van der Waals surface area contributed by atoms with Crippen molar-refractivity contribution in [1.29, 1.82) is 0 Å². The van der Waals surface area contributed by atoms with Crippen molar-refractivity contribution in [3.63, 3.8) is 0 Å². The van der Waals surface area contributed by atoms with Crippen LogP contribution in [0.3, 0.4) is 0 Å². The zero-order valence-electron chi connectivity index (χ0n) is 10.4. The number of hydrogen-bond donors (Lipinski definition) is 2. The van der Waals surface area contributed by atoms with Gasteiger partial charge < -0.3 is 4.74 Å². The lowest BCUT2D eigenvalue weighted by molar-refractivity contribution is 0.0953. The minimum Gasteiger partial charge on any atom is -0.492 e. The van der Waals surface area contributed by atoms with Crippen molar-refractivity contribution in [2.75, 3.05) is 26.2 Å². The molecule has 2 rings (SSSR count). The number of nitrogen functional groups attached to an aromatic ring is 1. The Balaban J connectivity index is 1.77. The molecule has 98 valence electrons. The summed E-state index contributed by atoms with van der Waals surface area (Å²) >= 11 is 0. The van der Waals surface area contributed by atoms with Crippen LogP contribution >= 0.6 is 0 Å². The summed E-state index contributed by atoms with van der Waals surface area (Å²) in [5.41, 5.74) is 2.63. The van der Waals surface area contributed by atoms with E-state index >= 15 is 0 Å². The number of benzene rings is 1. The van der Waals surface area contributed by atoms with Crippen molar-refractivity contribution in [1.82, 2.24) is 10.3 Å². The van der Waals surface area contributed by atoms with Crippen molar-refractivity contribution in [2.45, 2.75) is 12.8 Å². The molecule has 0 aromatic heterocycles. The van der Waals surface area contributed by atoms with Crippen LogP contribution in [0.15, 0.2) is 24.3 Å². The van der Waals surface area contributed by atoms with Gasteiger partial charge in [-0.3, -0.25) is 15.1 Å². The minimum absolute atomic E-state index is 0.293. The first-order valence-corrected chi connectivity index (χ1v) is 6.26. The van der Waals surface area contributed by atoms with Gasteiger partial charge in [0.25, 0.3) is 5.91 Å². The lowest BCUT2D eigenvalue weighted by Crippen LogP contribution is -2.29. The second-order valence-electron chi connectivity index (χ2n) is 4.40. The van der Waals surface area contributed by atoms with Gasteiger partial charge in [-0.15, -0.1) is 0 Å². The summed E-state index contributed by atoms with van der Waals surface area (Å²) in [6, 6.07) is 6.98. The smallest absolute Gasteiger partial charge is 0.265 e. The van der Waals surface area contributed by atoms with Gasteiger partial charge in [-0.2, -0.15) is 0 Å². The monoisotopic (exact) mass is 249 g/mol. The predicted molar refractivity (Wildman–Crippen MR) is 69.3 cm³/mol. The van der Waals surface area contributed by atoms with Crippen molar-refractivity contribution >= 4 is 5.91 Å². The lowest BCUT2D eigenvalue weighted by atomic mass is 10.2. The van der Waals surface area contributed by atoms with Gasteiger partial charge in [0.15, 0.2) is 0 Å². The molecule has 5 nitrogen and oxygen atoms in total. The van der Waals surface area contributed by atoms with Crippen LogP contribution in [0.4, 0.5) is 0 Å². The van der Waals surface area contributed by atoms with Crippen molar-refractivity contribution < 1.29 is 9.53 Å². The number of carbonyl (C=O) groups excluding carboxylic acids is 1. The maximum absolute atomic E-state index is 11.2. The van der Waals surface area contributed by atoms with E-state index in [9.17, 15) is 4.79 Å². The molecule has 1 aliphatic heterocycles. The summed E-state index contributed by atoms with van der Waals surface area (Å²) in [5, 5.41) is 0. The first-order valence-electron chi connectivity index (χ1n) is 6.26. The van der Waals surface area contributed by atoms with Crippen molar-refractivity contribution in [3.05, 3.63) is 29.8 Å². The average Bonchev–Trinajstić information content (AvgIpc) is 2.92. The Morgan fingerprint density at radius 1 is 1.28 bits per heavy atom. The van der Waals surface area contributed by atoms with E-state index < -0.39 is 0 Å². The van der Waals surface area contributed by atoms with Gasteiger partial charge in [-0.05, 0) is 50.2 Å². The van der Waals surface area contributed by atoms with Crippen LogP contribution in [0.25, 0.3) is 0 Å². The van der Waals surface area contributed by atoms with E-state index in [4.69, 9.17) is 10.6 Å². The third kappa shape index (κ3) is 3.45. The van der Waals surface area contributed by atoms with E-state index in [0.29, 0.717) is 12.2 Å². The molecule has 1 amide bonds. The number of ether oxygens (including phenoxy) is 1. The fourth-order valence-electron chi connectivity index (χ4n) is 2.08. The highest BCUT2D eigenvalue weighted by Gasteiger charge is 2.10. The summed E-state index contributed by atoms with van der Waals surface area (Å²) in [7, 11) is 0. The largest absolute Gasteiger partial charge is 0.492 e. The Labute approximate surface area is 107 Å². The third-order valence-electron chi connectivity index (χ3n) is 3.12. The molecule has 1 fully saturated rings. The fourth-order valence-corrected chi connectivity index (χ4v) is 2.08. The molecule has 0 saturated carbocycles. The van der Waals surface area contributed by atoms with Gasteiger partial charge in [0.2, 0.25) is 0 Å². The van der Waals surface area contributed by atoms with Gasteiger partial charge >= 0.3 is 0 Å². The molecule has 0 unspecified atom stereocenters. The van der Waals surface area contributed by atoms with Gasteiger partial charge in [-0.1, -0.05) is 0 Å². The van der Waals surface area contributed by atoms with E-state index in [1.807, 2.05) is 0 Å². The minimum atomic E-state index is -0.293. The van der Waals surface area contributed by atoms with Crippen LogP contribution in [-0.4, -0.2) is 37.0 Å². The summed E-state index contributed by atoms with van der Waals surface area (Å²) in [6.45, 7) is 4.01. The topological polar surface area (TPSA) is 67.6 Å². The normalized spacial score (nSPS) is 15.6. The first kappa shape index (κ1) is 12.9. The highest BCUT2D eigenvalue weighted by molar-refractivity contribution is 5.93. The predicted octanol–water partition coefficient (Wildman–Crippen LogP) is 0.765. The fraction of sp³-hybridized carbons (Fsp3) is 0.462. The summed E-state index contributed by atoms with van der Waals surface area (Å²) < 4.78 is 5.63.